The van der Waals surface area contributed by atoms with E-state index in [1.54, 1.807) is 0 Å². The van der Waals surface area contributed by atoms with Gasteiger partial charge in [-0.2, -0.15) is 4.98 Å². The van der Waals surface area contributed by atoms with Gasteiger partial charge < -0.3 is 10.1 Å². The molecule has 1 heterocycles. The van der Waals surface area contributed by atoms with E-state index in [9.17, 15) is 0 Å². The van der Waals surface area contributed by atoms with Crippen LogP contribution < -0.4 is 10.1 Å². The molecular weight excluding hydrogens is 214 g/mol. The Labute approximate surface area is 103 Å². The van der Waals surface area contributed by atoms with Crippen molar-refractivity contribution in [1.29, 1.82) is 0 Å². The molecule has 4 heteroatoms. The minimum absolute atomic E-state index is 0.506. The number of rotatable bonds is 5. The highest BCUT2D eigenvalue weighted by Gasteiger charge is 2.28. The Morgan fingerprint density at radius 3 is 2.59 bits per heavy atom. The van der Waals surface area contributed by atoms with Crippen LogP contribution in [0.2, 0.25) is 0 Å². The Hall–Kier alpha value is -1.32. The Bertz CT molecular complexity index is 400. The number of ether oxygens (including phenoxy) is 1. The average Bonchev–Trinajstić information content (AvgIpc) is 3.11. The van der Waals surface area contributed by atoms with Crippen LogP contribution in [0.5, 0.6) is 5.88 Å². The van der Waals surface area contributed by atoms with Gasteiger partial charge in [-0.3, -0.25) is 0 Å². The maximum Gasteiger partial charge on any atom is 0.221 e. The Kier molecular flexibility index (Phi) is 3.50. The van der Waals surface area contributed by atoms with E-state index in [4.69, 9.17) is 4.74 Å². The first kappa shape index (κ1) is 12.1. The molecule has 1 N–H and O–H groups in total. The summed E-state index contributed by atoms with van der Waals surface area (Å²) in [5.41, 5.74) is 0.998. The molecular formula is C13H21N3O. The third-order valence-electron chi connectivity index (χ3n) is 2.85. The van der Waals surface area contributed by atoms with Gasteiger partial charge in [-0.15, -0.1) is 0 Å². The monoisotopic (exact) mass is 235 g/mol. The standard InChI is InChI=1S/C13H21N3O/c1-8(2)7-17-13-9(3)11(14-4)15-12(16-13)10-5-6-10/h8,10H,5-7H2,1-4H3,(H,14,15,16). The number of nitrogens with one attached hydrogen (secondary N) is 1. The summed E-state index contributed by atoms with van der Waals surface area (Å²) in [6.07, 6.45) is 2.41. The van der Waals surface area contributed by atoms with Crippen LogP contribution in [-0.4, -0.2) is 23.6 Å². The van der Waals surface area contributed by atoms with Gasteiger partial charge in [-0.25, -0.2) is 4.98 Å². The Balaban J connectivity index is 2.24. The molecule has 1 aliphatic rings. The van der Waals surface area contributed by atoms with E-state index in [1.165, 1.54) is 12.8 Å². The Morgan fingerprint density at radius 1 is 1.35 bits per heavy atom. The summed E-state index contributed by atoms with van der Waals surface area (Å²) in [6, 6.07) is 0. The number of hydrogen-bond donors (Lipinski definition) is 1. The summed E-state index contributed by atoms with van der Waals surface area (Å²) in [5.74, 6) is 3.61. The molecule has 1 fully saturated rings. The molecule has 2 rings (SSSR count). The van der Waals surface area contributed by atoms with Crippen LogP contribution in [0.3, 0.4) is 0 Å². The minimum Gasteiger partial charge on any atom is -0.477 e. The highest BCUT2D eigenvalue weighted by atomic mass is 16.5. The predicted molar refractivity (Wildman–Crippen MR) is 68.6 cm³/mol. The molecule has 0 spiro atoms. The van der Waals surface area contributed by atoms with Gasteiger partial charge in [0.1, 0.15) is 11.6 Å². The third-order valence-corrected chi connectivity index (χ3v) is 2.85. The summed E-state index contributed by atoms with van der Waals surface area (Å²) < 4.78 is 5.77. The highest BCUT2D eigenvalue weighted by Crippen LogP contribution is 2.39. The van der Waals surface area contributed by atoms with Crippen molar-refractivity contribution in [2.24, 2.45) is 5.92 Å². The van der Waals surface area contributed by atoms with Crippen molar-refractivity contribution < 1.29 is 4.74 Å². The fourth-order valence-electron chi connectivity index (χ4n) is 1.67. The molecule has 0 aliphatic heterocycles. The maximum atomic E-state index is 5.77. The predicted octanol–water partition coefficient (Wildman–Crippen LogP) is 2.74. The molecule has 0 saturated heterocycles. The minimum atomic E-state index is 0.506. The van der Waals surface area contributed by atoms with E-state index < -0.39 is 0 Å². The maximum absolute atomic E-state index is 5.77. The fraction of sp³-hybridized carbons (Fsp3) is 0.692. The first-order chi connectivity index (χ1) is 8.11. The van der Waals surface area contributed by atoms with Crippen molar-refractivity contribution >= 4 is 5.82 Å². The van der Waals surface area contributed by atoms with E-state index in [1.807, 2.05) is 14.0 Å². The van der Waals surface area contributed by atoms with Gasteiger partial charge in [0.15, 0.2) is 0 Å². The quantitative estimate of drug-likeness (QED) is 0.852. The van der Waals surface area contributed by atoms with Crippen LogP contribution in [-0.2, 0) is 0 Å². The number of anilines is 1. The van der Waals surface area contributed by atoms with Crippen LogP contribution in [0, 0.1) is 12.8 Å². The zero-order valence-corrected chi connectivity index (χ0v) is 11.1. The van der Waals surface area contributed by atoms with E-state index in [2.05, 4.69) is 29.1 Å². The van der Waals surface area contributed by atoms with Crippen LogP contribution in [0.4, 0.5) is 5.82 Å². The van der Waals surface area contributed by atoms with Crippen molar-refractivity contribution in [2.45, 2.75) is 39.5 Å². The van der Waals surface area contributed by atoms with Crippen molar-refractivity contribution in [2.75, 3.05) is 19.0 Å². The molecule has 17 heavy (non-hydrogen) atoms. The second-order valence-electron chi connectivity index (χ2n) is 5.09. The lowest BCUT2D eigenvalue weighted by Gasteiger charge is -2.14. The molecule has 1 aromatic heterocycles. The smallest absolute Gasteiger partial charge is 0.221 e. The molecule has 0 amide bonds. The molecule has 0 atom stereocenters. The lowest BCUT2D eigenvalue weighted by Crippen LogP contribution is -2.10. The second-order valence-corrected chi connectivity index (χ2v) is 5.09. The molecule has 0 unspecified atom stereocenters. The summed E-state index contributed by atoms with van der Waals surface area (Å²) in [6.45, 7) is 6.97. The van der Waals surface area contributed by atoms with E-state index in [0.29, 0.717) is 18.4 Å². The van der Waals surface area contributed by atoms with Crippen molar-refractivity contribution in [3.63, 3.8) is 0 Å². The van der Waals surface area contributed by atoms with E-state index >= 15 is 0 Å². The topological polar surface area (TPSA) is 47.0 Å². The molecule has 94 valence electrons. The van der Waals surface area contributed by atoms with Gasteiger partial charge in [-0.05, 0) is 25.7 Å². The van der Waals surface area contributed by atoms with Gasteiger partial charge in [0.2, 0.25) is 5.88 Å². The van der Waals surface area contributed by atoms with Crippen LogP contribution in [0.1, 0.15) is 44.0 Å². The average molecular weight is 235 g/mol. The summed E-state index contributed by atoms with van der Waals surface area (Å²) in [4.78, 5) is 9.08. The van der Waals surface area contributed by atoms with E-state index in [0.717, 1.165) is 23.1 Å². The fourth-order valence-corrected chi connectivity index (χ4v) is 1.67. The molecule has 1 aromatic rings. The number of hydrogen-bond acceptors (Lipinski definition) is 4. The summed E-state index contributed by atoms with van der Waals surface area (Å²) in [5, 5.41) is 3.12. The molecule has 4 nitrogen and oxygen atoms in total. The van der Waals surface area contributed by atoms with E-state index in [-0.39, 0.29) is 0 Å². The first-order valence-corrected chi connectivity index (χ1v) is 6.31. The summed E-state index contributed by atoms with van der Waals surface area (Å²) >= 11 is 0. The van der Waals surface area contributed by atoms with Gasteiger partial charge >= 0.3 is 0 Å². The molecule has 1 aliphatic carbocycles. The van der Waals surface area contributed by atoms with Crippen LogP contribution in [0.25, 0.3) is 0 Å². The van der Waals surface area contributed by atoms with Gasteiger partial charge in [0.05, 0.1) is 12.2 Å². The second kappa shape index (κ2) is 4.90. The van der Waals surface area contributed by atoms with Crippen LogP contribution in [0.15, 0.2) is 0 Å². The van der Waals surface area contributed by atoms with Crippen LogP contribution >= 0.6 is 0 Å². The lowest BCUT2D eigenvalue weighted by molar-refractivity contribution is 0.258. The van der Waals surface area contributed by atoms with Crippen molar-refractivity contribution in [1.82, 2.24) is 9.97 Å². The summed E-state index contributed by atoms with van der Waals surface area (Å²) in [7, 11) is 1.89. The van der Waals surface area contributed by atoms with Crippen molar-refractivity contribution in [3.8, 4) is 5.88 Å². The third kappa shape index (κ3) is 2.87. The lowest BCUT2D eigenvalue weighted by atomic mass is 10.2. The van der Waals surface area contributed by atoms with Gasteiger partial charge in [0, 0.05) is 13.0 Å². The SMILES string of the molecule is CNc1nc(C2CC2)nc(OCC(C)C)c1C. The molecule has 0 radical (unpaired) electrons. The molecule has 0 aromatic carbocycles. The number of aromatic nitrogens is 2. The zero-order chi connectivity index (χ0) is 12.4. The molecule has 0 bridgehead atoms. The normalized spacial score (nSPS) is 15.1. The van der Waals surface area contributed by atoms with Crippen molar-refractivity contribution in [3.05, 3.63) is 11.4 Å². The number of nitrogens with zero attached hydrogens (tertiary/aromatic N) is 2. The Morgan fingerprint density at radius 2 is 2.06 bits per heavy atom. The molecule has 1 saturated carbocycles. The van der Waals surface area contributed by atoms with Gasteiger partial charge in [-0.1, -0.05) is 13.8 Å². The zero-order valence-electron chi connectivity index (χ0n) is 11.1. The highest BCUT2D eigenvalue weighted by molar-refractivity contribution is 5.48. The van der Waals surface area contributed by atoms with Gasteiger partial charge in [0.25, 0.3) is 0 Å². The first-order valence-electron chi connectivity index (χ1n) is 6.31. The largest absolute Gasteiger partial charge is 0.477 e.